The zero-order valence-corrected chi connectivity index (χ0v) is 21.0. The number of aryl methyl sites for hydroxylation is 3. The molecular weight excluding hydrogens is 462 g/mol. The average Bonchev–Trinajstić information content (AvgIpc) is 3.51. The van der Waals surface area contributed by atoms with Gasteiger partial charge in [0, 0.05) is 33.9 Å². The number of hydrogen-bond acceptors (Lipinski definition) is 5. The van der Waals surface area contributed by atoms with E-state index >= 15 is 0 Å². The largest absolute Gasteiger partial charge is 0.497 e. The molecule has 1 aliphatic heterocycles. The van der Waals surface area contributed by atoms with Crippen LogP contribution in [0.3, 0.4) is 0 Å². The number of imide groups is 1. The summed E-state index contributed by atoms with van der Waals surface area (Å²) in [5.74, 6) is 0.278. The summed E-state index contributed by atoms with van der Waals surface area (Å²) in [5.41, 5.74) is 3.41. The summed E-state index contributed by atoms with van der Waals surface area (Å²) in [6.07, 6.45) is 3.12. The molecule has 2 aromatic heterocycles. The van der Waals surface area contributed by atoms with E-state index in [0.29, 0.717) is 12.0 Å². The number of benzene rings is 1. The van der Waals surface area contributed by atoms with E-state index in [1.54, 1.807) is 18.4 Å². The van der Waals surface area contributed by atoms with Crippen LogP contribution in [0.25, 0.3) is 0 Å². The lowest BCUT2D eigenvalue weighted by Gasteiger charge is -2.31. The highest BCUT2D eigenvalue weighted by molar-refractivity contribution is 7.10. The van der Waals surface area contributed by atoms with Crippen molar-refractivity contribution in [3.8, 4) is 5.75 Å². The highest BCUT2D eigenvalue weighted by atomic mass is 32.1. The van der Waals surface area contributed by atoms with Crippen molar-refractivity contribution in [3.63, 3.8) is 0 Å². The fourth-order valence-corrected chi connectivity index (χ4v) is 6.37. The number of methoxy groups -OCH3 is 1. The minimum atomic E-state index is -1.03. The van der Waals surface area contributed by atoms with Gasteiger partial charge in [-0.05, 0) is 74.7 Å². The van der Waals surface area contributed by atoms with Gasteiger partial charge in [-0.1, -0.05) is 12.1 Å². The molecule has 35 heavy (non-hydrogen) atoms. The number of carbonyl (C=O) groups excluding carboxylic acids is 3. The van der Waals surface area contributed by atoms with Crippen LogP contribution >= 0.6 is 11.3 Å². The lowest BCUT2D eigenvalue weighted by Crippen LogP contribution is -2.46. The van der Waals surface area contributed by atoms with Crippen LogP contribution in [0.4, 0.5) is 4.79 Å². The second kappa shape index (κ2) is 9.00. The number of carbonyl (C=O) groups is 3. The van der Waals surface area contributed by atoms with Crippen LogP contribution in [0.2, 0.25) is 0 Å². The molecule has 1 aliphatic carbocycles. The predicted octanol–water partition coefficient (Wildman–Crippen LogP) is 4.38. The number of Topliss-reactive ketones (excluding diaryl/α,β-unsaturated/α-hetero) is 1. The van der Waals surface area contributed by atoms with Crippen LogP contribution in [0, 0.1) is 13.8 Å². The molecule has 0 unspecified atom stereocenters. The molecule has 2 aliphatic rings. The molecule has 182 valence electrons. The lowest BCUT2D eigenvalue weighted by atomic mass is 9.80. The van der Waals surface area contributed by atoms with Gasteiger partial charge in [-0.25, -0.2) is 4.79 Å². The number of ketones is 1. The molecule has 3 aromatic rings. The Hall–Kier alpha value is -3.39. The molecule has 1 spiro atoms. The number of nitrogens with zero attached hydrogens (tertiary/aromatic N) is 2. The van der Waals surface area contributed by atoms with Crippen LogP contribution in [0.5, 0.6) is 5.75 Å². The third kappa shape index (κ3) is 3.95. The Labute approximate surface area is 208 Å². The first kappa shape index (κ1) is 23.4. The Balaban J connectivity index is 1.31. The molecule has 1 atom stereocenters. The summed E-state index contributed by atoms with van der Waals surface area (Å²) < 4.78 is 7.34. The third-order valence-corrected chi connectivity index (χ3v) is 8.28. The molecule has 5 rings (SSSR count). The highest BCUT2D eigenvalue weighted by Gasteiger charge is 2.54. The second-order valence-corrected chi connectivity index (χ2v) is 10.3. The molecule has 0 radical (unpaired) electrons. The number of nitrogens with one attached hydrogen (secondary N) is 1. The smallest absolute Gasteiger partial charge is 0.325 e. The molecule has 1 N–H and O–H groups in total. The van der Waals surface area contributed by atoms with Gasteiger partial charge in [-0.15, -0.1) is 11.3 Å². The number of aromatic nitrogens is 1. The molecule has 1 aromatic carbocycles. The van der Waals surface area contributed by atoms with Crippen LogP contribution in [-0.2, 0) is 29.7 Å². The van der Waals surface area contributed by atoms with Gasteiger partial charge in [0.25, 0.3) is 5.91 Å². The Morgan fingerprint density at radius 1 is 1.17 bits per heavy atom. The van der Waals surface area contributed by atoms with Gasteiger partial charge >= 0.3 is 6.03 Å². The van der Waals surface area contributed by atoms with E-state index in [-0.39, 0.29) is 18.2 Å². The highest BCUT2D eigenvalue weighted by Crippen LogP contribution is 2.42. The number of amides is 3. The van der Waals surface area contributed by atoms with Crippen molar-refractivity contribution in [1.82, 2.24) is 14.8 Å². The van der Waals surface area contributed by atoms with Crippen molar-refractivity contribution in [3.05, 3.63) is 74.7 Å². The monoisotopic (exact) mass is 491 g/mol. The van der Waals surface area contributed by atoms with Gasteiger partial charge in [0.05, 0.1) is 13.7 Å². The van der Waals surface area contributed by atoms with Crippen molar-refractivity contribution in [2.45, 2.75) is 51.6 Å². The molecule has 3 heterocycles. The van der Waals surface area contributed by atoms with Crippen molar-refractivity contribution >= 4 is 29.1 Å². The van der Waals surface area contributed by atoms with E-state index in [1.165, 1.54) is 5.56 Å². The van der Waals surface area contributed by atoms with E-state index in [1.807, 2.05) is 55.6 Å². The average molecular weight is 492 g/mol. The number of rotatable bonds is 7. The molecule has 8 heteroatoms. The van der Waals surface area contributed by atoms with Gasteiger partial charge in [0.2, 0.25) is 0 Å². The molecule has 1 fully saturated rings. The van der Waals surface area contributed by atoms with Gasteiger partial charge in [0.1, 0.15) is 11.3 Å². The number of thiophene rings is 1. The minimum absolute atomic E-state index is 0.226. The predicted molar refractivity (Wildman–Crippen MR) is 134 cm³/mol. The quantitative estimate of drug-likeness (QED) is 0.393. The maximum atomic E-state index is 13.5. The second-order valence-electron chi connectivity index (χ2n) is 9.30. The fourth-order valence-electron chi connectivity index (χ4n) is 5.37. The normalized spacial score (nSPS) is 19.2. The van der Waals surface area contributed by atoms with E-state index in [9.17, 15) is 14.4 Å². The van der Waals surface area contributed by atoms with Gasteiger partial charge in [-0.3, -0.25) is 14.5 Å². The molecule has 1 saturated heterocycles. The Kier molecular flexibility index (Phi) is 6.01. The first-order chi connectivity index (χ1) is 16.8. The lowest BCUT2D eigenvalue weighted by molar-refractivity contribution is -0.131. The van der Waals surface area contributed by atoms with Crippen LogP contribution in [0.1, 0.15) is 50.6 Å². The van der Waals surface area contributed by atoms with Crippen molar-refractivity contribution in [2.24, 2.45) is 0 Å². The number of ether oxygens (including phenoxy) is 1. The summed E-state index contributed by atoms with van der Waals surface area (Å²) >= 11 is 1.61. The van der Waals surface area contributed by atoms with Crippen molar-refractivity contribution < 1.29 is 19.1 Å². The Morgan fingerprint density at radius 2 is 1.94 bits per heavy atom. The molecule has 7 nitrogen and oxygen atoms in total. The van der Waals surface area contributed by atoms with Gasteiger partial charge in [0.15, 0.2) is 5.78 Å². The number of fused-ring (bicyclic) bond motifs is 2. The van der Waals surface area contributed by atoms with Gasteiger partial charge < -0.3 is 14.6 Å². The summed E-state index contributed by atoms with van der Waals surface area (Å²) in [5, 5.41) is 4.89. The maximum Gasteiger partial charge on any atom is 0.325 e. The minimum Gasteiger partial charge on any atom is -0.497 e. The van der Waals surface area contributed by atoms with Crippen LogP contribution in [-0.4, -0.2) is 40.8 Å². The Bertz CT molecular complexity index is 1310. The van der Waals surface area contributed by atoms with Crippen LogP contribution in [0.15, 0.2) is 41.8 Å². The first-order valence-corrected chi connectivity index (χ1v) is 12.8. The zero-order valence-electron chi connectivity index (χ0n) is 20.2. The zero-order chi connectivity index (χ0) is 24.7. The van der Waals surface area contributed by atoms with E-state index in [2.05, 4.69) is 9.88 Å². The third-order valence-electron chi connectivity index (χ3n) is 7.30. The van der Waals surface area contributed by atoms with E-state index in [0.717, 1.165) is 58.3 Å². The van der Waals surface area contributed by atoms with Crippen molar-refractivity contribution in [2.75, 3.05) is 13.7 Å². The molecule has 0 saturated carbocycles. The molecular formula is C27H29N3O4S. The fraction of sp³-hybridized carbons (Fsp3) is 0.370. The Morgan fingerprint density at radius 3 is 2.69 bits per heavy atom. The van der Waals surface area contributed by atoms with Crippen molar-refractivity contribution in [1.29, 1.82) is 0 Å². The topological polar surface area (TPSA) is 80.6 Å². The van der Waals surface area contributed by atoms with E-state index < -0.39 is 11.6 Å². The molecule has 3 amide bonds. The van der Waals surface area contributed by atoms with Gasteiger partial charge in [-0.2, -0.15) is 0 Å². The SMILES string of the molecule is COc1ccc(CCn2c(C)cc(C(=O)CN3C(=O)N[C@]4(CCCc5sccc54)C3=O)c2C)cc1. The van der Waals surface area contributed by atoms with Crippen LogP contribution < -0.4 is 10.1 Å². The standard InChI is InChI=1S/C27H29N3O4S/c1-17-15-21(18(2)29(17)13-10-19-6-8-20(34-3)9-7-19)23(31)16-30-25(32)27(28-26(30)33)12-4-5-24-22(27)11-14-35-24/h6-9,11,14-15H,4-5,10,12-13,16H2,1-3H3,(H,28,33)/t27-/m0/s1. The molecule has 0 bridgehead atoms. The summed E-state index contributed by atoms with van der Waals surface area (Å²) in [6.45, 7) is 4.36. The van der Waals surface area contributed by atoms with E-state index in [4.69, 9.17) is 4.74 Å². The first-order valence-electron chi connectivity index (χ1n) is 11.9. The summed E-state index contributed by atoms with van der Waals surface area (Å²) in [6, 6.07) is 11.3. The number of hydrogen-bond donors (Lipinski definition) is 1. The number of urea groups is 1. The summed E-state index contributed by atoms with van der Waals surface area (Å²) in [4.78, 5) is 41.8. The summed E-state index contributed by atoms with van der Waals surface area (Å²) in [7, 11) is 1.65. The maximum absolute atomic E-state index is 13.5.